The van der Waals surface area contributed by atoms with Gasteiger partial charge in [-0.25, -0.2) is 0 Å². The molecule has 146 valence electrons. The van der Waals surface area contributed by atoms with Crippen LogP contribution >= 0.6 is 0 Å². The van der Waals surface area contributed by atoms with Crippen molar-refractivity contribution in [1.29, 1.82) is 0 Å². The van der Waals surface area contributed by atoms with E-state index in [1.807, 2.05) is 0 Å². The number of hydrogen-bond donors (Lipinski definition) is 2. The highest BCUT2D eigenvalue weighted by atomic mass is 16.6. The lowest BCUT2D eigenvalue weighted by molar-refractivity contribution is -0.384. The third-order valence-electron chi connectivity index (χ3n) is 3.76. The number of carbonyl (C=O) groups excluding carboxylic acids is 2. The molecule has 0 atom stereocenters. The third kappa shape index (κ3) is 5.60. The molecule has 29 heavy (non-hydrogen) atoms. The van der Waals surface area contributed by atoms with Crippen molar-refractivity contribution in [2.24, 2.45) is 0 Å². The first-order valence-electron chi connectivity index (χ1n) is 8.50. The van der Waals surface area contributed by atoms with Gasteiger partial charge in [0, 0.05) is 41.5 Å². The molecule has 0 radical (unpaired) electrons. The van der Waals surface area contributed by atoms with Gasteiger partial charge in [0.1, 0.15) is 5.75 Å². The van der Waals surface area contributed by atoms with Gasteiger partial charge in [-0.1, -0.05) is 6.07 Å². The molecule has 9 nitrogen and oxygen atoms in total. The number of benzene rings is 2. The molecular weight excluding hydrogens is 376 g/mol. The van der Waals surface area contributed by atoms with Crippen molar-refractivity contribution in [3.05, 3.63) is 88.7 Å². The van der Waals surface area contributed by atoms with Crippen molar-refractivity contribution in [1.82, 2.24) is 4.98 Å². The fraction of sp³-hybridized carbons (Fsp3) is 0.0500. The van der Waals surface area contributed by atoms with E-state index in [9.17, 15) is 19.7 Å². The van der Waals surface area contributed by atoms with Crippen LogP contribution in [0.5, 0.6) is 5.75 Å². The van der Waals surface area contributed by atoms with Crippen LogP contribution in [0.1, 0.15) is 10.4 Å². The van der Waals surface area contributed by atoms with Gasteiger partial charge < -0.3 is 15.4 Å². The van der Waals surface area contributed by atoms with Gasteiger partial charge in [0.2, 0.25) is 0 Å². The molecule has 1 aromatic heterocycles. The molecule has 0 spiro atoms. The SMILES string of the molecule is O=C(COc1ccc([N+](=O)[O-])cc1)Nc1cccc(NC(=O)c2ccncc2)c1. The van der Waals surface area contributed by atoms with Gasteiger partial charge in [0.15, 0.2) is 6.61 Å². The van der Waals surface area contributed by atoms with Crippen molar-refractivity contribution in [3.8, 4) is 5.75 Å². The summed E-state index contributed by atoms with van der Waals surface area (Å²) in [6.07, 6.45) is 3.05. The molecule has 2 N–H and O–H groups in total. The molecule has 0 aliphatic rings. The minimum atomic E-state index is -0.517. The maximum absolute atomic E-state index is 12.2. The second-order valence-corrected chi connectivity index (χ2v) is 5.86. The molecule has 0 fully saturated rings. The van der Waals surface area contributed by atoms with Crippen LogP contribution in [0.3, 0.4) is 0 Å². The van der Waals surface area contributed by atoms with E-state index < -0.39 is 10.8 Å². The van der Waals surface area contributed by atoms with Crippen molar-refractivity contribution < 1.29 is 19.2 Å². The molecular formula is C20H16N4O5. The highest BCUT2D eigenvalue weighted by Gasteiger charge is 2.09. The van der Waals surface area contributed by atoms with E-state index >= 15 is 0 Å². The number of anilines is 2. The molecule has 0 unspecified atom stereocenters. The van der Waals surface area contributed by atoms with E-state index in [-0.39, 0.29) is 18.2 Å². The normalized spacial score (nSPS) is 10.1. The number of carbonyl (C=O) groups is 2. The smallest absolute Gasteiger partial charge is 0.269 e. The van der Waals surface area contributed by atoms with E-state index in [0.717, 1.165) is 0 Å². The summed E-state index contributed by atoms with van der Waals surface area (Å²) in [5.41, 5.74) is 1.40. The summed E-state index contributed by atoms with van der Waals surface area (Å²) in [6, 6.07) is 15.3. The van der Waals surface area contributed by atoms with Gasteiger partial charge >= 0.3 is 0 Å². The molecule has 3 rings (SSSR count). The molecule has 0 bridgehead atoms. The molecule has 3 aromatic rings. The second-order valence-electron chi connectivity index (χ2n) is 5.86. The number of amides is 2. The van der Waals surface area contributed by atoms with E-state index in [4.69, 9.17) is 4.74 Å². The van der Waals surface area contributed by atoms with Crippen LogP contribution in [0.25, 0.3) is 0 Å². The number of nitrogens with one attached hydrogen (secondary N) is 2. The van der Waals surface area contributed by atoms with Gasteiger partial charge in [-0.2, -0.15) is 0 Å². The Balaban J connectivity index is 1.54. The van der Waals surface area contributed by atoms with E-state index in [1.165, 1.54) is 36.7 Å². The van der Waals surface area contributed by atoms with Crippen molar-refractivity contribution in [3.63, 3.8) is 0 Å². The Morgan fingerprint density at radius 3 is 2.28 bits per heavy atom. The number of nitro groups is 1. The Bertz CT molecular complexity index is 1020. The molecule has 0 saturated carbocycles. The molecule has 0 aliphatic heterocycles. The summed E-state index contributed by atoms with van der Waals surface area (Å²) in [7, 11) is 0. The number of aromatic nitrogens is 1. The number of rotatable bonds is 7. The van der Waals surface area contributed by atoms with Gasteiger partial charge in [-0.05, 0) is 42.5 Å². The number of hydrogen-bond acceptors (Lipinski definition) is 6. The van der Waals surface area contributed by atoms with Crippen LogP contribution in [0.15, 0.2) is 73.1 Å². The van der Waals surface area contributed by atoms with Crippen LogP contribution in [0.2, 0.25) is 0 Å². The fourth-order valence-electron chi connectivity index (χ4n) is 2.39. The largest absolute Gasteiger partial charge is 0.484 e. The van der Waals surface area contributed by atoms with E-state index in [1.54, 1.807) is 36.4 Å². The van der Waals surface area contributed by atoms with Crippen LogP contribution in [-0.4, -0.2) is 28.3 Å². The summed E-state index contributed by atoms with van der Waals surface area (Å²) in [4.78, 5) is 38.2. The zero-order valence-corrected chi connectivity index (χ0v) is 15.1. The standard InChI is InChI=1S/C20H16N4O5/c25-19(13-29-18-6-4-17(5-7-18)24(27)28)22-15-2-1-3-16(12-15)23-20(26)14-8-10-21-11-9-14/h1-12H,13H2,(H,22,25)(H,23,26). The average molecular weight is 392 g/mol. The van der Waals surface area contributed by atoms with Crippen LogP contribution in [0, 0.1) is 10.1 Å². The first-order valence-corrected chi connectivity index (χ1v) is 8.50. The number of non-ortho nitro benzene ring substituents is 1. The van der Waals surface area contributed by atoms with Gasteiger partial charge in [-0.3, -0.25) is 24.7 Å². The first-order chi connectivity index (χ1) is 14.0. The Kier molecular flexibility index (Phi) is 6.11. The number of nitro benzene ring substituents is 1. The monoisotopic (exact) mass is 392 g/mol. The molecule has 1 heterocycles. The Morgan fingerprint density at radius 2 is 1.62 bits per heavy atom. The lowest BCUT2D eigenvalue weighted by Crippen LogP contribution is -2.20. The molecule has 2 amide bonds. The third-order valence-corrected chi connectivity index (χ3v) is 3.76. The Labute approximate surface area is 165 Å². The predicted octanol–water partition coefficient (Wildman–Crippen LogP) is 3.26. The number of ether oxygens (including phenoxy) is 1. The van der Waals surface area contributed by atoms with Crippen LogP contribution in [-0.2, 0) is 4.79 Å². The maximum Gasteiger partial charge on any atom is 0.269 e. The van der Waals surface area contributed by atoms with Gasteiger partial charge in [0.25, 0.3) is 17.5 Å². The average Bonchev–Trinajstić information content (AvgIpc) is 2.73. The Hall–Kier alpha value is -4.27. The van der Waals surface area contributed by atoms with E-state index in [0.29, 0.717) is 22.7 Å². The highest BCUT2D eigenvalue weighted by Crippen LogP contribution is 2.18. The lowest BCUT2D eigenvalue weighted by Gasteiger charge is -2.10. The number of nitrogens with zero attached hydrogens (tertiary/aromatic N) is 2. The first kappa shape index (κ1) is 19.5. The summed E-state index contributed by atoms with van der Waals surface area (Å²) < 4.78 is 5.32. The topological polar surface area (TPSA) is 123 Å². The lowest BCUT2D eigenvalue weighted by atomic mass is 10.2. The van der Waals surface area contributed by atoms with Crippen molar-refractivity contribution >= 4 is 28.9 Å². The van der Waals surface area contributed by atoms with Gasteiger partial charge in [-0.15, -0.1) is 0 Å². The number of pyridine rings is 1. The van der Waals surface area contributed by atoms with Crippen molar-refractivity contribution in [2.45, 2.75) is 0 Å². The van der Waals surface area contributed by atoms with Crippen LogP contribution in [0.4, 0.5) is 17.1 Å². The summed E-state index contributed by atoms with van der Waals surface area (Å²) in [5, 5.41) is 16.0. The summed E-state index contributed by atoms with van der Waals surface area (Å²) >= 11 is 0. The molecule has 0 aliphatic carbocycles. The maximum atomic E-state index is 12.2. The Morgan fingerprint density at radius 1 is 0.966 bits per heavy atom. The minimum absolute atomic E-state index is 0.0626. The molecule has 0 saturated heterocycles. The zero-order valence-electron chi connectivity index (χ0n) is 15.1. The quantitative estimate of drug-likeness (QED) is 0.470. The summed E-state index contributed by atoms with van der Waals surface area (Å²) in [6.45, 7) is -0.272. The minimum Gasteiger partial charge on any atom is -0.484 e. The molecule has 9 heteroatoms. The highest BCUT2D eigenvalue weighted by molar-refractivity contribution is 6.04. The second kappa shape index (κ2) is 9.09. The van der Waals surface area contributed by atoms with Crippen molar-refractivity contribution in [2.75, 3.05) is 17.2 Å². The fourth-order valence-corrected chi connectivity index (χ4v) is 2.39. The van der Waals surface area contributed by atoms with E-state index in [2.05, 4.69) is 15.6 Å². The summed E-state index contributed by atoms with van der Waals surface area (Å²) in [5.74, 6) is -0.373. The predicted molar refractivity (Wildman–Crippen MR) is 106 cm³/mol. The van der Waals surface area contributed by atoms with Crippen LogP contribution < -0.4 is 15.4 Å². The van der Waals surface area contributed by atoms with Gasteiger partial charge in [0.05, 0.1) is 4.92 Å². The molecule has 2 aromatic carbocycles. The zero-order chi connectivity index (χ0) is 20.6.